The van der Waals surface area contributed by atoms with Crippen LogP contribution in [0.1, 0.15) is 17.0 Å². The SMILES string of the molecule is Cc1cc(C)cc(N2CCN(Cc3nc(-c4cccs4)no3)C(=O)C2=O)c1. The highest BCUT2D eigenvalue weighted by Gasteiger charge is 2.34. The zero-order valence-corrected chi connectivity index (χ0v) is 15.8. The first kappa shape index (κ1) is 17.4. The van der Waals surface area contributed by atoms with E-state index in [-0.39, 0.29) is 6.54 Å². The number of hydrogen-bond acceptors (Lipinski definition) is 6. The maximum absolute atomic E-state index is 12.6. The van der Waals surface area contributed by atoms with Gasteiger partial charge in [-0.05, 0) is 48.6 Å². The molecule has 4 rings (SSSR count). The van der Waals surface area contributed by atoms with Crippen LogP contribution in [0.15, 0.2) is 40.2 Å². The van der Waals surface area contributed by atoms with Crippen LogP contribution in [0, 0.1) is 13.8 Å². The van der Waals surface area contributed by atoms with E-state index in [2.05, 4.69) is 10.1 Å². The molecule has 3 aromatic rings. The van der Waals surface area contributed by atoms with E-state index >= 15 is 0 Å². The van der Waals surface area contributed by atoms with Crippen molar-refractivity contribution in [1.29, 1.82) is 0 Å². The third-order valence-corrected chi connectivity index (χ3v) is 5.23. The number of anilines is 1. The van der Waals surface area contributed by atoms with Crippen LogP contribution in [0.5, 0.6) is 0 Å². The summed E-state index contributed by atoms with van der Waals surface area (Å²) in [4.78, 5) is 33.4. The minimum atomic E-state index is -0.559. The largest absolute Gasteiger partial charge is 0.337 e. The Morgan fingerprint density at radius 1 is 1.11 bits per heavy atom. The number of nitrogens with zero attached hydrogens (tertiary/aromatic N) is 4. The number of thiophene rings is 1. The molecule has 0 saturated carbocycles. The Kier molecular flexibility index (Phi) is 4.49. The zero-order valence-electron chi connectivity index (χ0n) is 15.0. The number of hydrogen-bond donors (Lipinski definition) is 0. The van der Waals surface area contributed by atoms with Gasteiger partial charge < -0.3 is 14.3 Å². The normalized spacial score (nSPS) is 14.9. The molecule has 1 fully saturated rings. The van der Waals surface area contributed by atoms with Gasteiger partial charge in [0, 0.05) is 18.8 Å². The maximum Gasteiger partial charge on any atom is 0.316 e. The van der Waals surface area contributed by atoms with Crippen LogP contribution in [0.3, 0.4) is 0 Å². The highest BCUT2D eigenvalue weighted by atomic mass is 32.1. The third kappa shape index (κ3) is 3.48. The zero-order chi connectivity index (χ0) is 19.0. The number of amides is 2. The van der Waals surface area contributed by atoms with Gasteiger partial charge in [-0.3, -0.25) is 9.59 Å². The number of carbonyl (C=O) groups excluding carboxylic acids is 2. The molecule has 0 N–H and O–H groups in total. The number of aromatic nitrogens is 2. The van der Waals surface area contributed by atoms with Gasteiger partial charge in [0.1, 0.15) is 6.54 Å². The summed E-state index contributed by atoms with van der Waals surface area (Å²) in [7, 11) is 0. The highest BCUT2D eigenvalue weighted by Crippen LogP contribution is 2.24. The van der Waals surface area contributed by atoms with Gasteiger partial charge >= 0.3 is 11.8 Å². The van der Waals surface area contributed by atoms with Gasteiger partial charge in [0.15, 0.2) is 0 Å². The smallest absolute Gasteiger partial charge is 0.316 e. The van der Waals surface area contributed by atoms with E-state index < -0.39 is 11.8 Å². The molecule has 138 valence electrons. The summed E-state index contributed by atoms with van der Waals surface area (Å²) in [5.41, 5.74) is 2.86. The lowest BCUT2D eigenvalue weighted by atomic mass is 10.1. The van der Waals surface area contributed by atoms with Crippen LogP contribution >= 0.6 is 11.3 Å². The first-order chi connectivity index (χ1) is 13.0. The maximum atomic E-state index is 12.6. The Morgan fingerprint density at radius 3 is 2.59 bits per heavy atom. The summed E-state index contributed by atoms with van der Waals surface area (Å²) in [6, 6.07) is 9.67. The molecule has 2 aromatic heterocycles. The lowest BCUT2D eigenvalue weighted by Gasteiger charge is -2.33. The molecule has 0 bridgehead atoms. The van der Waals surface area contributed by atoms with Gasteiger partial charge in [-0.25, -0.2) is 0 Å². The van der Waals surface area contributed by atoms with Crippen molar-refractivity contribution in [1.82, 2.24) is 15.0 Å². The quantitative estimate of drug-likeness (QED) is 0.648. The molecule has 1 aliphatic rings. The van der Waals surface area contributed by atoms with Crippen molar-refractivity contribution in [3.63, 3.8) is 0 Å². The van der Waals surface area contributed by atoms with Crippen molar-refractivity contribution in [3.8, 4) is 10.7 Å². The molecule has 0 radical (unpaired) electrons. The molecular weight excluding hydrogens is 364 g/mol. The Bertz CT molecular complexity index is 976. The Balaban J connectivity index is 1.48. The molecule has 0 aliphatic carbocycles. The molecule has 3 heterocycles. The molecule has 27 heavy (non-hydrogen) atoms. The molecular formula is C19H18N4O3S. The lowest BCUT2D eigenvalue weighted by Crippen LogP contribution is -2.54. The Labute approximate surface area is 160 Å². The average molecular weight is 382 g/mol. The number of aryl methyl sites for hydroxylation is 2. The predicted octanol–water partition coefficient (Wildman–Crippen LogP) is 2.79. The van der Waals surface area contributed by atoms with Crippen LogP contribution < -0.4 is 4.90 Å². The van der Waals surface area contributed by atoms with Crippen molar-refractivity contribution in [2.45, 2.75) is 20.4 Å². The first-order valence-electron chi connectivity index (χ1n) is 8.57. The van der Waals surface area contributed by atoms with Crippen molar-refractivity contribution >= 4 is 28.8 Å². The summed E-state index contributed by atoms with van der Waals surface area (Å²) >= 11 is 1.51. The highest BCUT2D eigenvalue weighted by molar-refractivity contribution is 7.13. The average Bonchev–Trinajstić information content (AvgIpc) is 3.30. The van der Waals surface area contributed by atoms with Crippen molar-refractivity contribution < 1.29 is 14.1 Å². The molecule has 1 saturated heterocycles. The first-order valence-corrected chi connectivity index (χ1v) is 9.45. The molecule has 7 nitrogen and oxygen atoms in total. The van der Waals surface area contributed by atoms with E-state index in [4.69, 9.17) is 4.52 Å². The summed E-state index contributed by atoms with van der Waals surface area (Å²) in [6.45, 7) is 4.91. The van der Waals surface area contributed by atoms with E-state index in [1.807, 2.05) is 49.6 Å². The van der Waals surface area contributed by atoms with Crippen LogP contribution in [-0.4, -0.2) is 39.9 Å². The molecule has 1 aromatic carbocycles. The summed E-state index contributed by atoms with van der Waals surface area (Å²) < 4.78 is 5.24. The van der Waals surface area contributed by atoms with E-state index in [0.717, 1.165) is 21.7 Å². The summed E-state index contributed by atoms with van der Waals surface area (Å²) in [5.74, 6) is -0.285. The minimum absolute atomic E-state index is 0.129. The summed E-state index contributed by atoms with van der Waals surface area (Å²) in [5, 5.41) is 5.87. The van der Waals surface area contributed by atoms with Crippen LogP contribution in [-0.2, 0) is 16.1 Å². The second-order valence-corrected chi connectivity index (χ2v) is 7.47. The van der Waals surface area contributed by atoms with Crippen LogP contribution in [0.4, 0.5) is 5.69 Å². The summed E-state index contributed by atoms with van der Waals surface area (Å²) in [6.07, 6.45) is 0. The topological polar surface area (TPSA) is 79.5 Å². The Hall–Kier alpha value is -3.00. The van der Waals surface area contributed by atoms with Gasteiger partial charge in [0.2, 0.25) is 11.7 Å². The van der Waals surface area contributed by atoms with Gasteiger partial charge in [-0.15, -0.1) is 11.3 Å². The molecule has 0 unspecified atom stereocenters. The van der Waals surface area contributed by atoms with Gasteiger partial charge in [0.25, 0.3) is 0 Å². The number of rotatable bonds is 4. The third-order valence-electron chi connectivity index (χ3n) is 4.36. The molecule has 0 atom stereocenters. The number of benzene rings is 1. The van der Waals surface area contributed by atoms with Gasteiger partial charge in [-0.2, -0.15) is 4.98 Å². The Morgan fingerprint density at radius 2 is 1.89 bits per heavy atom. The van der Waals surface area contributed by atoms with Crippen LogP contribution in [0.25, 0.3) is 10.7 Å². The van der Waals surface area contributed by atoms with Crippen LogP contribution in [0.2, 0.25) is 0 Å². The second kappa shape index (κ2) is 6.96. The van der Waals surface area contributed by atoms with Gasteiger partial charge in [0.05, 0.1) is 4.88 Å². The number of piperazine rings is 1. The predicted molar refractivity (Wildman–Crippen MR) is 101 cm³/mol. The van der Waals surface area contributed by atoms with Crippen molar-refractivity contribution in [3.05, 3.63) is 52.7 Å². The van der Waals surface area contributed by atoms with Gasteiger partial charge in [-0.1, -0.05) is 17.3 Å². The fraction of sp³-hybridized carbons (Fsp3) is 0.263. The molecule has 8 heteroatoms. The fourth-order valence-electron chi connectivity index (χ4n) is 3.17. The van der Waals surface area contributed by atoms with Crippen molar-refractivity contribution in [2.24, 2.45) is 0 Å². The number of carbonyl (C=O) groups is 2. The minimum Gasteiger partial charge on any atom is -0.337 e. The van der Waals surface area contributed by atoms with Crippen molar-refractivity contribution in [2.75, 3.05) is 18.0 Å². The van der Waals surface area contributed by atoms with E-state index in [0.29, 0.717) is 24.8 Å². The monoisotopic (exact) mass is 382 g/mol. The second-order valence-electron chi connectivity index (χ2n) is 6.52. The lowest BCUT2D eigenvalue weighted by molar-refractivity contribution is -0.146. The van der Waals surface area contributed by atoms with E-state index in [9.17, 15) is 9.59 Å². The van der Waals surface area contributed by atoms with E-state index in [1.165, 1.54) is 21.1 Å². The standard InChI is InChI=1S/C19H18N4O3S/c1-12-8-13(2)10-14(9-12)23-6-5-22(18(24)19(23)25)11-16-20-17(21-26-16)15-4-3-7-27-15/h3-4,7-10H,5-6,11H2,1-2H3. The molecule has 1 aliphatic heterocycles. The molecule has 0 spiro atoms. The molecule has 2 amide bonds. The fourth-order valence-corrected chi connectivity index (χ4v) is 3.82. The van der Waals surface area contributed by atoms with E-state index in [1.54, 1.807) is 0 Å².